The van der Waals surface area contributed by atoms with E-state index in [1.54, 1.807) is 0 Å². The number of aromatic amines is 1. The first-order valence-corrected chi connectivity index (χ1v) is 7.89. The summed E-state index contributed by atoms with van der Waals surface area (Å²) in [6.07, 6.45) is 2.53. The largest absolute Gasteiger partial charge is 0.364 e. The van der Waals surface area contributed by atoms with E-state index in [0.29, 0.717) is 11.4 Å². The molecule has 0 radical (unpaired) electrons. The minimum absolute atomic E-state index is 0.0671. The molecular weight excluding hydrogens is 306 g/mol. The van der Waals surface area contributed by atoms with Gasteiger partial charge in [-0.25, -0.2) is 0 Å². The Bertz CT molecular complexity index is 915. The zero-order valence-corrected chi connectivity index (χ0v) is 13.1. The molecule has 23 heavy (non-hydrogen) atoms. The second-order valence-corrected chi connectivity index (χ2v) is 6.03. The highest BCUT2D eigenvalue weighted by Gasteiger charge is 2.26. The van der Waals surface area contributed by atoms with Crippen LogP contribution in [0, 0.1) is 0 Å². The fourth-order valence-corrected chi connectivity index (χ4v) is 3.30. The van der Waals surface area contributed by atoms with Gasteiger partial charge in [0, 0.05) is 29.1 Å². The molecule has 1 amide bonds. The second kappa shape index (κ2) is 5.52. The van der Waals surface area contributed by atoms with Crippen molar-refractivity contribution >= 4 is 39.7 Å². The molecule has 0 aliphatic carbocycles. The van der Waals surface area contributed by atoms with Gasteiger partial charge in [0.15, 0.2) is 0 Å². The number of anilines is 1. The van der Waals surface area contributed by atoms with Gasteiger partial charge in [-0.1, -0.05) is 42.5 Å². The number of nitrogens with one attached hydrogen (secondary N) is 3. The van der Waals surface area contributed by atoms with Crippen molar-refractivity contribution in [3.8, 4) is 0 Å². The predicted octanol–water partition coefficient (Wildman–Crippen LogP) is 3.00. The average molecular weight is 321 g/mol. The molecule has 0 saturated carbocycles. The number of amides is 1. The molecule has 114 valence electrons. The Kier molecular flexibility index (Phi) is 3.35. The lowest BCUT2D eigenvalue weighted by atomic mass is 10.0. The Balaban J connectivity index is 1.65. The van der Waals surface area contributed by atoms with Gasteiger partial charge in [0.1, 0.15) is 11.0 Å². The maximum absolute atomic E-state index is 12.5. The summed E-state index contributed by atoms with van der Waals surface area (Å²) < 4.78 is 0. The smallest absolute Gasteiger partial charge is 0.247 e. The van der Waals surface area contributed by atoms with E-state index in [4.69, 9.17) is 12.2 Å². The van der Waals surface area contributed by atoms with E-state index >= 15 is 0 Å². The summed E-state index contributed by atoms with van der Waals surface area (Å²) in [6.45, 7) is 0. The number of para-hydroxylation sites is 2. The third-order valence-electron chi connectivity index (χ3n) is 4.15. The highest BCUT2D eigenvalue weighted by molar-refractivity contribution is 7.80. The average Bonchev–Trinajstić information content (AvgIpc) is 2.92. The van der Waals surface area contributed by atoms with E-state index in [1.807, 2.05) is 48.7 Å². The maximum Gasteiger partial charge on any atom is 0.247 e. The second-order valence-electron chi connectivity index (χ2n) is 5.62. The summed E-state index contributed by atoms with van der Waals surface area (Å²) in [5.41, 5.74) is 3.79. The summed E-state index contributed by atoms with van der Waals surface area (Å²) in [7, 11) is 0. The molecule has 4 rings (SSSR count). The van der Waals surface area contributed by atoms with Gasteiger partial charge in [-0.2, -0.15) is 0 Å². The summed E-state index contributed by atoms with van der Waals surface area (Å²) >= 11 is 5.46. The first-order chi connectivity index (χ1) is 11.2. The van der Waals surface area contributed by atoms with Crippen LogP contribution in [0.5, 0.6) is 0 Å². The zero-order valence-electron chi connectivity index (χ0n) is 12.3. The van der Waals surface area contributed by atoms with Crippen molar-refractivity contribution in [2.75, 3.05) is 5.32 Å². The molecule has 5 heteroatoms. The molecular formula is C18H15N3OS. The zero-order chi connectivity index (χ0) is 15.8. The van der Waals surface area contributed by atoms with E-state index in [0.717, 1.165) is 27.7 Å². The number of carbonyl (C=O) groups excluding carboxylic acids is 1. The minimum atomic E-state index is -0.394. The third kappa shape index (κ3) is 2.49. The van der Waals surface area contributed by atoms with E-state index in [-0.39, 0.29) is 5.91 Å². The van der Waals surface area contributed by atoms with Crippen LogP contribution in [-0.4, -0.2) is 21.9 Å². The Morgan fingerprint density at radius 2 is 1.83 bits per heavy atom. The minimum Gasteiger partial charge on any atom is -0.364 e. The lowest BCUT2D eigenvalue weighted by Crippen LogP contribution is -2.42. The first-order valence-electron chi connectivity index (χ1n) is 7.48. The first kappa shape index (κ1) is 14.0. The van der Waals surface area contributed by atoms with Crippen LogP contribution in [0.15, 0.2) is 54.7 Å². The van der Waals surface area contributed by atoms with Crippen molar-refractivity contribution < 1.29 is 4.79 Å². The Labute approximate surface area is 138 Å². The number of rotatable bonds is 2. The quantitative estimate of drug-likeness (QED) is 0.636. The van der Waals surface area contributed by atoms with Crippen LogP contribution in [0.4, 0.5) is 5.69 Å². The number of H-pyrrole nitrogens is 1. The number of aromatic nitrogens is 1. The molecule has 3 N–H and O–H groups in total. The van der Waals surface area contributed by atoms with Crippen LogP contribution in [0.25, 0.3) is 10.9 Å². The topological polar surface area (TPSA) is 56.9 Å². The number of hydrogen-bond donors (Lipinski definition) is 3. The van der Waals surface area contributed by atoms with Gasteiger partial charge in [0.05, 0.1) is 5.69 Å². The number of hydrogen-bond acceptors (Lipinski definition) is 2. The SMILES string of the molecule is O=C1Nc2ccccc2C(=S)N[C@H]1Cc1c[nH]c2ccccc12. The predicted molar refractivity (Wildman–Crippen MR) is 95.7 cm³/mol. The van der Waals surface area contributed by atoms with Crippen molar-refractivity contribution in [1.82, 2.24) is 10.3 Å². The maximum atomic E-state index is 12.5. The molecule has 0 bridgehead atoms. The van der Waals surface area contributed by atoms with Gasteiger partial charge < -0.3 is 15.6 Å². The molecule has 0 saturated heterocycles. The molecule has 4 nitrogen and oxygen atoms in total. The number of carbonyl (C=O) groups is 1. The summed E-state index contributed by atoms with van der Waals surface area (Å²) in [4.78, 5) is 16.4. The standard InChI is InChI=1S/C18H15N3OS/c22-17-16(9-11-10-19-14-7-3-1-5-12(11)14)21-18(23)13-6-2-4-8-15(13)20-17/h1-8,10,16,19H,9H2,(H,20,22)(H,21,23)/t16-/m0/s1. The third-order valence-corrected chi connectivity index (χ3v) is 4.49. The van der Waals surface area contributed by atoms with Gasteiger partial charge in [-0.05, 0) is 23.8 Å². The van der Waals surface area contributed by atoms with Crippen molar-refractivity contribution in [3.63, 3.8) is 0 Å². The van der Waals surface area contributed by atoms with Crippen molar-refractivity contribution in [3.05, 3.63) is 65.9 Å². The summed E-state index contributed by atoms with van der Waals surface area (Å²) in [5, 5.41) is 7.29. The molecule has 1 atom stereocenters. The van der Waals surface area contributed by atoms with Crippen molar-refractivity contribution in [2.45, 2.75) is 12.5 Å². The van der Waals surface area contributed by atoms with Crippen molar-refractivity contribution in [2.24, 2.45) is 0 Å². The van der Waals surface area contributed by atoms with Crippen LogP contribution in [0.1, 0.15) is 11.1 Å². The molecule has 1 aliphatic rings. The van der Waals surface area contributed by atoms with E-state index in [2.05, 4.69) is 21.7 Å². The molecule has 1 aromatic heterocycles. The lowest BCUT2D eigenvalue weighted by Gasteiger charge is -2.15. The van der Waals surface area contributed by atoms with Gasteiger partial charge in [0.2, 0.25) is 5.91 Å². The van der Waals surface area contributed by atoms with E-state index in [9.17, 15) is 4.79 Å². The van der Waals surface area contributed by atoms with Crippen LogP contribution in [0.2, 0.25) is 0 Å². The van der Waals surface area contributed by atoms with Gasteiger partial charge in [-0.15, -0.1) is 0 Å². The van der Waals surface area contributed by atoms with E-state index < -0.39 is 6.04 Å². The Hall–Kier alpha value is -2.66. The molecule has 3 aromatic rings. The fourth-order valence-electron chi connectivity index (χ4n) is 2.98. The number of benzene rings is 2. The van der Waals surface area contributed by atoms with Gasteiger partial charge in [-0.3, -0.25) is 4.79 Å². The molecule has 2 heterocycles. The van der Waals surface area contributed by atoms with Crippen LogP contribution in [-0.2, 0) is 11.2 Å². The molecule has 0 spiro atoms. The fraction of sp³-hybridized carbons (Fsp3) is 0.111. The number of fused-ring (bicyclic) bond motifs is 2. The molecule has 2 aromatic carbocycles. The number of thiocarbonyl (C=S) groups is 1. The van der Waals surface area contributed by atoms with Crippen LogP contribution < -0.4 is 10.6 Å². The van der Waals surface area contributed by atoms with E-state index in [1.165, 1.54) is 0 Å². The lowest BCUT2D eigenvalue weighted by molar-refractivity contribution is -0.117. The Morgan fingerprint density at radius 3 is 2.74 bits per heavy atom. The van der Waals surface area contributed by atoms with Crippen molar-refractivity contribution in [1.29, 1.82) is 0 Å². The summed E-state index contributed by atoms with van der Waals surface area (Å²) in [5.74, 6) is -0.0671. The van der Waals surface area contributed by atoms with Gasteiger partial charge in [0.25, 0.3) is 0 Å². The molecule has 0 unspecified atom stereocenters. The van der Waals surface area contributed by atoms with Crippen LogP contribution in [0.3, 0.4) is 0 Å². The van der Waals surface area contributed by atoms with Gasteiger partial charge >= 0.3 is 0 Å². The van der Waals surface area contributed by atoms with Crippen LogP contribution >= 0.6 is 12.2 Å². The highest BCUT2D eigenvalue weighted by atomic mass is 32.1. The summed E-state index contributed by atoms with van der Waals surface area (Å²) in [6, 6.07) is 15.3. The monoisotopic (exact) mass is 321 g/mol. The highest BCUT2D eigenvalue weighted by Crippen LogP contribution is 2.22. The Morgan fingerprint density at radius 1 is 1.04 bits per heavy atom. The molecule has 0 fully saturated rings. The normalized spacial score (nSPS) is 17.3. The molecule has 1 aliphatic heterocycles.